The van der Waals surface area contributed by atoms with Crippen molar-refractivity contribution >= 4 is 34.8 Å². The summed E-state index contributed by atoms with van der Waals surface area (Å²) in [6.45, 7) is 0. The van der Waals surface area contributed by atoms with E-state index in [9.17, 15) is 9.59 Å². The van der Waals surface area contributed by atoms with Crippen LogP contribution >= 0.6 is 0 Å². The Hall–Kier alpha value is -4.86. The number of nitrogen functional groups attached to an aromatic ring is 2. The molecule has 204 valence electrons. The van der Waals surface area contributed by atoms with Crippen LogP contribution in [0.5, 0.6) is 0 Å². The van der Waals surface area contributed by atoms with E-state index in [0.717, 1.165) is 48.2 Å². The number of anilines is 4. The minimum atomic E-state index is -0.173. The van der Waals surface area contributed by atoms with Crippen LogP contribution in [0.4, 0.5) is 23.0 Å². The van der Waals surface area contributed by atoms with Gasteiger partial charge in [-0.3, -0.25) is 9.59 Å². The number of rotatable bonds is 8. The van der Waals surface area contributed by atoms with Gasteiger partial charge in [0, 0.05) is 23.2 Å². The molecular formula is C30H32N8O2. The van der Waals surface area contributed by atoms with Gasteiger partial charge in [0.1, 0.15) is 0 Å². The molecule has 2 atom stereocenters. The van der Waals surface area contributed by atoms with E-state index in [-0.39, 0.29) is 36.5 Å². The van der Waals surface area contributed by atoms with Crippen molar-refractivity contribution in [3.63, 3.8) is 0 Å². The summed E-state index contributed by atoms with van der Waals surface area (Å²) in [7, 11) is 0. The normalized spacial score (nSPS) is 16.7. The molecule has 0 radical (unpaired) electrons. The zero-order valence-corrected chi connectivity index (χ0v) is 22.1. The first kappa shape index (κ1) is 26.7. The standard InChI is InChI=1S/C30H32N8O2/c31-23-8-1-4-19(14-23)16-29(39)33-27-12-10-25(35-37-27)21-6-3-7-22(18-21)26-11-13-28(38-36-26)34-30(40)17-20-5-2-9-24(32)15-20/h1-2,4-5,8-15,21-22H,3,6-7,16-18,31-32H2,(H,33,37,39)(H,34,38,40)/t21-,22-/m0/s1. The first-order valence-corrected chi connectivity index (χ1v) is 13.4. The Morgan fingerprint density at radius 2 is 1.15 bits per heavy atom. The predicted molar refractivity (Wildman–Crippen MR) is 154 cm³/mol. The van der Waals surface area contributed by atoms with E-state index >= 15 is 0 Å². The molecule has 1 saturated carbocycles. The predicted octanol–water partition coefficient (Wildman–Crippen LogP) is 4.23. The van der Waals surface area contributed by atoms with Gasteiger partial charge in [-0.1, -0.05) is 30.7 Å². The van der Waals surface area contributed by atoms with Crippen LogP contribution in [0.25, 0.3) is 0 Å². The van der Waals surface area contributed by atoms with Crippen LogP contribution in [-0.4, -0.2) is 32.2 Å². The molecule has 0 aliphatic heterocycles. The maximum absolute atomic E-state index is 12.4. The van der Waals surface area contributed by atoms with Gasteiger partial charge in [0.15, 0.2) is 11.6 Å². The van der Waals surface area contributed by atoms with Gasteiger partial charge in [0.25, 0.3) is 0 Å². The van der Waals surface area contributed by atoms with Gasteiger partial charge in [0.05, 0.1) is 24.2 Å². The second kappa shape index (κ2) is 12.3. The maximum Gasteiger partial charge on any atom is 0.229 e. The number of aromatic nitrogens is 4. The second-order valence-corrected chi connectivity index (χ2v) is 10.2. The fourth-order valence-corrected chi connectivity index (χ4v) is 5.13. The SMILES string of the molecule is Nc1cccc(CC(=O)Nc2ccc([C@H]3CCC[C@H](c4ccc(NC(=O)Cc5cccc(N)c5)nn4)C3)nn2)c1. The molecular weight excluding hydrogens is 504 g/mol. The van der Waals surface area contributed by atoms with Gasteiger partial charge in [-0.05, 0) is 78.9 Å². The van der Waals surface area contributed by atoms with Crippen molar-refractivity contribution in [2.45, 2.75) is 50.4 Å². The van der Waals surface area contributed by atoms with Crippen molar-refractivity contribution in [1.29, 1.82) is 0 Å². The number of nitrogens with two attached hydrogens (primary N) is 2. The quantitative estimate of drug-likeness (QED) is 0.243. The molecule has 5 rings (SSSR count). The van der Waals surface area contributed by atoms with Crippen LogP contribution in [0, 0.1) is 0 Å². The van der Waals surface area contributed by atoms with Crippen molar-refractivity contribution < 1.29 is 9.59 Å². The second-order valence-electron chi connectivity index (χ2n) is 10.2. The molecule has 2 heterocycles. The van der Waals surface area contributed by atoms with E-state index in [1.165, 1.54) is 0 Å². The molecule has 2 amide bonds. The molecule has 2 aromatic carbocycles. The minimum absolute atomic E-state index is 0.173. The highest BCUT2D eigenvalue weighted by molar-refractivity contribution is 5.92. The van der Waals surface area contributed by atoms with Crippen LogP contribution in [0.1, 0.15) is 60.0 Å². The van der Waals surface area contributed by atoms with Crippen molar-refractivity contribution in [2.75, 3.05) is 22.1 Å². The number of carbonyl (C=O) groups excluding carboxylic acids is 2. The maximum atomic E-state index is 12.4. The van der Waals surface area contributed by atoms with Crippen LogP contribution in [0.2, 0.25) is 0 Å². The molecule has 40 heavy (non-hydrogen) atoms. The molecule has 1 aliphatic carbocycles. The lowest BCUT2D eigenvalue weighted by atomic mass is 9.78. The number of nitrogens with one attached hydrogen (secondary N) is 2. The molecule has 1 aliphatic rings. The van der Waals surface area contributed by atoms with Crippen molar-refractivity contribution in [1.82, 2.24) is 20.4 Å². The average Bonchev–Trinajstić information content (AvgIpc) is 2.94. The number of benzene rings is 2. The van der Waals surface area contributed by atoms with E-state index in [2.05, 4.69) is 31.0 Å². The highest BCUT2D eigenvalue weighted by atomic mass is 16.2. The molecule has 0 saturated heterocycles. The molecule has 1 fully saturated rings. The lowest BCUT2D eigenvalue weighted by Crippen LogP contribution is -2.18. The van der Waals surface area contributed by atoms with E-state index in [1.807, 2.05) is 36.4 Å². The fraction of sp³-hybridized carbons (Fsp3) is 0.267. The number of hydrogen-bond acceptors (Lipinski definition) is 8. The van der Waals surface area contributed by atoms with E-state index in [1.54, 1.807) is 36.4 Å². The molecule has 6 N–H and O–H groups in total. The third-order valence-electron chi connectivity index (χ3n) is 7.05. The Morgan fingerprint density at radius 1 is 0.675 bits per heavy atom. The van der Waals surface area contributed by atoms with Gasteiger partial charge in [0.2, 0.25) is 11.8 Å². The largest absolute Gasteiger partial charge is 0.399 e. The topological polar surface area (TPSA) is 162 Å². The van der Waals surface area contributed by atoms with Gasteiger partial charge in [-0.2, -0.15) is 10.2 Å². The Labute approximate surface area is 232 Å². The van der Waals surface area contributed by atoms with Gasteiger partial charge < -0.3 is 22.1 Å². The van der Waals surface area contributed by atoms with Gasteiger partial charge in [-0.25, -0.2) is 0 Å². The smallest absolute Gasteiger partial charge is 0.229 e. The van der Waals surface area contributed by atoms with Crippen molar-refractivity contribution in [3.8, 4) is 0 Å². The van der Waals surface area contributed by atoms with E-state index in [0.29, 0.717) is 23.0 Å². The summed E-state index contributed by atoms with van der Waals surface area (Å²) >= 11 is 0. The van der Waals surface area contributed by atoms with Crippen LogP contribution < -0.4 is 22.1 Å². The first-order chi connectivity index (χ1) is 19.4. The summed E-state index contributed by atoms with van der Waals surface area (Å²) in [4.78, 5) is 24.8. The van der Waals surface area contributed by atoms with E-state index < -0.39 is 0 Å². The number of carbonyl (C=O) groups is 2. The highest BCUT2D eigenvalue weighted by Crippen LogP contribution is 2.40. The first-order valence-electron chi connectivity index (χ1n) is 13.4. The number of hydrogen-bond donors (Lipinski definition) is 4. The van der Waals surface area contributed by atoms with Gasteiger partial charge >= 0.3 is 0 Å². The molecule has 4 aromatic rings. The Balaban J connectivity index is 1.14. The summed E-state index contributed by atoms with van der Waals surface area (Å²) < 4.78 is 0. The lowest BCUT2D eigenvalue weighted by molar-refractivity contribution is -0.116. The zero-order chi connectivity index (χ0) is 27.9. The molecule has 10 heteroatoms. The summed E-state index contributed by atoms with van der Waals surface area (Å²) in [5.41, 5.74) is 16.3. The molecule has 10 nitrogen and oxygen atoms in total. The van der Waals surface area contributed by atoms with E-state index in [4.69, 9.17) is 11.5 Å². The summed E-state index contributed by atoms with van der Waals surface area (Å²) in [6.07, 6.45) is 4.37. The molecule has 0 spiro atoms. The minimum Gasteiger partial charge on any atom is -0.399 e. The zero-order valence-electron chi connectivity index (χ0n) is 22.1. The van der Waals surface area contributed by atoms with Crippen LogP contribution in [0.15, 0.2) is 72.8 Å². The monoisotopic (exact) mass is 536 g/mol. The summed E-state index contributed by atoms with van der Waals surface area (Å²) in [5.74, 6) is 0.973. The summed E-state index contributed by atoms with van der Waals surface area (Å²) in [5, 5.41) is 22.9. The number of amides is 2. The molecule has 0 unspecified atom stereocenters. The Kier molecular flexibility index (Phi) is 8.24. The van der Waals surface area contributed by atoms with Crippen LogP contribution in [0.3, 0.4) is 0 Å². The molecule has 0 bridgehead atoms. The van der Waals surface area contributed by atoms with Crippen molar-refractivity contribution in [3.05, 3.63) is 95.3 Å². The molecule has 2 aromatic heterocycles. The third-order valence-corrected chi connectivity index (χ3v) is 7.05. The third kappa shape index (κ3) is 7.16. The Morgan fingerprint density at radius 3 is 1.55 bits per heavy atom. The average molecular weight is 537 g/mol. The fourth-order valence-electron chi connectivity index (χ4n) is 5.13. The highest BCUT2D eigenvalue weighted by Gasteiger charge is 2.27. The lowest BCUT2D eigenvalue weighted by Gasteiger charge is -2.28. The van der Waals surface area contributed by atoms with Gasteiger partial charge in [-0.15, -0.1) is 10.2 Å². The Bertz CT molecular complexity index is 1360. The summed E-state index contributed by atoms with van der Waals surface area (Å²) in [6, 6.07) is 22.0. The van der Waals surface area contributed by atoms with Crippen LogP contribution in [-0.2, 0) is 22.4 Å². The van der Waals surface area contributed by atoms with Crippen molar-refractivity contribution in [2.24, 2.45) is 0 Å². The number of nitrogens with zero attached hydrogens (tertiary/aromatic N) is 4.